The van der Waals surface area contributed by atoms with Gasteiger partial charge in [0.15, 0.2) is 5.69 Å². The Labute approximate surface area is 123 Å². The lowest BCUT2D eigenvalue weighted by Gasteiger charge is -2.33. The molecule has 0 aromatic carbocycles. The number of amides is 2. The number of carboxylic acids is 1. The van der Waals surface area contributed by atoms with Gasteiger partial charge in [-0.25, -0.2) is 14.6 Å². The molecular weight excluding hydrogens is 272 g/mol. The summed E-state index contributed by atoms with van der Waals surface area (Å²) in [5, 5.41) is 15.0. The molecule has 2 amide bonds. The number of carbonyl (C=O) groups is 2. The molecule has 0 radical (unpaired) electrons. The van der Waals surface area contributed by atoms with Crippen LogP contribution in [0.3, 0.4) is 0 Å². The van der Waals surface area contributed by atoms with Crippen LogP contribution in [0.1, 0.15) is 30.3 Å². The van der Waals surface area contributed by atoms with E-state index in [1.165, 1.54) is 6.20 Å². The van der Waals surface area contributed by atoms with E-state index in [4.69, 9.17) is 5.11 Å². The number of carboxylic acid groups (broad SMARTS) is 1. The van der Waals surface area contributed by atoms with Crippen molar-refractivity contribution in [1.29, 1.82) is 0 Å². The molecule has 21 heavy (non-hydrogen) atoms. The van der Waals surface area contributed by atoms with E-state index in [0.717, 1.165) is 25.9 Å². The number of rotatable bonds is 4. The zero-order chi connectivity index (χ0) is 15.2. The van der Waals surface area contributed by atoms with Crippen LogP contribution in [0, 0.1) is 0 Å². The molecule has 1 aromatic rings. The van der Waals surface area contributed by atoms with Crippen molar-refractivity contribution in [3.63, 3.8) is 0 Å². The smallest absolute Gasteiger partial charge is 0.356 e. The number of hydrogen-bond donors (Lipinski definition) is 3. The minimum Gasteiger partial charge on any atom is -0.476 e. The average molecular weight is 292 g/mol. The van der Waals surface area contributed by atoms with Gasteiger partial charge >= 0.3 is 12.0 Å². The van der Waals surface area contributed by atoms with Crippen LogP contribution >= 0.6 is 0 Å². The SMILES string of the molecule is CCN(C(=O)Nc1cccnc1C(=O)O)C1CCNCC1. The van der Waals surface area contributed by atoms with Gasteiger partial charge in [-0.1, -0.05) is 0 Å². The number of hydrogen-bond acceptors (Lipinski definition) is 4. The molecule has 1 aliphatic heterocycles. The van der Waals surface area contributed by atoms with Gasteiger partial charge in [-0.3, -0.25) is 0 Å². The van der Waals surface area contributed by atoms with Crippen molar-refractivity contribution in [2.24, 2.45) is 0 Å². The van der Waals surface area contributed by atoms with E-state index < -0.39 is 5.97 Å². The first-order valence-corrected chi connectivity index (χ1v) is 7.10. The third-order valence-corrected chi connectivity index (χ3v) is 3.60. The summed E-state index contributed by atoms with van der Waals surface area (Å²) < 4.78 is 0. The first kappa shape index (κ1) is 15.2. The Kier molecular flexibility index (Phi) is 5.10. The van der Waals surface area contributed by atoms with E-state index in [1.54, 1.807) is 17.0 Å². The maximum atomic E-state index is 12.4. The van der Waals surface area contributed by atoms with E-state index >= 15 is 0 Å². The summed E-state index contributed by atoms with van der Waals surface area (Å²) in [6.45, 7) is 4.28. The Bertz CT molecular complexity index is 515. The van der Waals surface area contributed by atoms with Gasteiger partial charge in [-0.15, -0.1) is 0 Å². The second-order valence-electron chi connectivity index (χ2n) is 4.90. The van der Waals surface area contributed by atoms with Crippen LogP contribution in [-0.4, -0.2) is 52.7 Å². The summed E-state index contributed by atoms with van der Waals surface area (Å²) in [4.78, 5) is 29.0. The van der Waals surface area contributed by atoms with Gasteiger partial charge in [0, 0.05) is 18.8 Å². The maximum Gasteiger partial charge on any atom is 0.356 e. The molecule has 1 saturated heterocycles. The summed E-state index contributed by atoms with van der Waals surface area (Å²) in [6, 6.07) is 3.05. The topological polar surface area (TPSA) is 94.6 Å². The molecule has 1 fully saturated rings. The third kappa shape index (κ3) is 3.69. The van der Waals surface area contributed by atoms with Gasteiger partial charge in [0.2, 0.25) is 0 Å². The molecule has 0 aliphatic carbocycles. The Morgan fingerprint density at radius 3 is 2.81 bits per heavy atom. The third-order valence-electron chi connectivity index (χ3n) is 3.60. The molecule has 114 valence electrons. The van der Waals surface area contributed by atoms with E-state index in [0.29, 0.717) is 6.54 Å². The van der Waals surface area contributed by atoms with Crippen LogP contribution in [0.2, 0.25) is 0 Å². The molecule has 0 saturated carbocycles. The Morgan fingerprint density at radius 1 is 1.48 bits per heavy atom. The van der Waals surface area contributed by atoms with Crippen LogP contribution in [0.4, 0.5) is 10.5 Å². The van der Waals surface area contributed by atoms with E-state index in [9.17, 15) is 9.59 Å². The quantitative estimate of drug-likeness (QED) is 0.779. The summed E-state index contributed by atoms with van der Waals surface area (Å²) >= 11 is 0. The van der Waals surface area contributed by atoms with Crippen molar-refractivity contribution in [1.82, 2.24) is 15.2 Å². The van der Waals surface area contributed by atoms with Crippen LogP contribution in [0.5, 0.6) is 0 Å². The average Bonchev–Trinajstić information content (AvgIpc) is 2.49. The fourth-order valence-electron chi connectivity index (χ4n) is 2.55. The number of urea groups is 1. The molecule has 0 unspecified atom stereocenters. The first-order valence-electron chi connectivity index (χ1n) is 7.10. The van der Waals surface area contributed by atoms with Crippen LogP contribution in [-0.2, 0) is 0 Å². The molecule has 7 nitrogen and oxygen atoms in total. The van der Waals surface area contributed by atoms with Crippen LogP contribution < -0.4 is 10.6 Å². The molecule has 2 rings (SSSR count). The Hall–Kier alpha value is -2.15. The number of nitrogens with zero attached hydrogens (tertiary/aromatic N) is 2. The largest absolute Gasteiger partial charge is 0.476 e. The predicted molar refractivity (Wildman–Crippen MR) is 78.5 cm³/mol. The zero-order valence-electron chi connectivity index (χ0n) is 12.0. The standard InChI is InChI=1S/C14H20N4O3/c1-2-18(10-5-8-15-9-6-10)14(21)17-11-4-3-7-16-12(11)13(19)20/h3-4,7,10,15H,2,5-6,8-9H2,1H3,(H,17,21)(H,19,20). The minimum absolute atomic E-state index is 0.146. The minimum atomic E-state index is -1.16. The van der Waals surface area contributed by atoms with Crippen LogP contribution in [0.25, 0.3) is 0 Å². The number of pyridine rings is 1. The van der Waals surface area contributed by atoms with Gasteiger partial charge in [-0.05, 0) is 45.0 Å². The van der Waals surface area contributed by atoms with Gasteiger partial charge in [0.05, 0.1) is 5.69 Å². The number of carbonyl (C=O) groups excluding carboxylic acids is 1. The summed E-state index contributed by atoms with van der Waals surface area (Å²) in [5.41, 5.74) is 0.0783. The monoisotopic (exact) mass is 292 g/mol. The highest BCUT2D eigenvalue weighted by molar-refractivity contribution is 5.98. The molecule has 1 aliphatic rings. The number of nitrogens with one attached hydrogen (secondary N) is 2. The Balaban J connectivity index is 2.10. The lowest BCUT2D eigenvalue weighted by molar-refractivity contribution is 0.0691. The lowest BCUT2D eigenvalue weighted by atomic mass is 10.1. The number of anilines is 1. The zero-order valence-corrected chi connectivity index (χ0v) is 12.0. The van der Waals surface area contributed by atoms with Crippen molar-refractivity contribution in [3.8, 4) is 0 Å². The second-order valence-corrected chi connectivity index (χ2v) is 4.90. The summed E-state index contributed by atoms with van der Waals surface area (Å²) in [6.07, 6.45) is 3.20. The van der Waals surface area contributed by atoms with Crippen molar-refractivity contribution >= 4 is 17.7 Å². The normalized spacial score (nSPS) is 15.5. The molecule has 3 N–H and O–H groups in total. The predicted octanol–water partition coefficient (Wildman–Crippen LogP) is 1.39. The fourth-order valence-corrected chi connectivity index (χ4v) is 2.55. The van der Waals surface area contributed by atoms with E-state index in [2.05, 4.69) is 15.6 Å². The molecule has 0 bridgehead atoms. The highest BCUT2D eigenvalue weighted by atomic mass is 16.4. The molecule has 2 heterocycles. The van der Waals surface area contributed by atoms with Crippen molar-refractivity contribution in [2.45, 2.75) is 25.8 Å². The van der Waals surface area contributed by atoms with E-state index in [1.807, 2.05) is 6.92 Å². The van der Waals surface area contributed by atoms with Crippen molar-refractivity contribution in [3.05, 3.63) is 24.0 Å². The van der Waals surface area contributed by atoms with Crippen molar-refractivity contribution in [2.75, 3.05) is 25.0 Å². The maximum absolute atomic E-state index is 12.4. The number of piperidine rings is 1. The van der Waals surface area contributed by atoms with Crippen LogP contribution in [0.15, 0.2) is 18.3 Å². The molecular formula is C14H20N4O3. The molecule has 0 spiro atoms. The number of aromatic nitrogens is 1. The number of aromatic carboxylic acids is 1. The molecule has 7 heteroatoms. The molecule has 1 aromatic heterocycles. The fraction of sp³-hybridized carbons (Fsp3) is 0.500. The summed E-state index contributed by atoms with van der Waals surface area (Å²) in [7, 11) is 0. The van der Waals surface area contributed by atoms with Gasteiger partial charge in [0.1, 0.15) is 0 Å². The lowest BCUT2D eigenvalue weighted by Crippen LogP contribution is -2.47. The molecule has 0 atom stereocenters. The van der Waals surface area contributed by atoms with Gasteiger partial charge in [0.25, 0.3) is 0 Å². The van der Waals surface area contributed by atoms with E-state index in [-0.39, 0.29) is 23.5 Å². The Morgan fingerprint density at radius 2 is 2.19 bits per heavy atom. The highest BCUT2D eigenvalue weighted by Crippen LogP contribution is 2.16. The van der Waals surface area contributed by atoms with Gasteiger partial charge in [-0.2, -0.15) is 0 Å². The second kappa shape index (κ2) is 7.03. The summed E-state index contributed by atoms with van der Waals surface area (Å²) in [5.74, 6) is -1.16. The van der Waals surface area contributed by atoms with Gasteiger partial charge < -0.3 is 20.6 Å². The first-order chi connectivity index (χ1) is 10.1. The van der Waals surface area contributed by atoms with Crippen molar-refractivity contribution < 1.29 is 14.7 Å². The highest BCUT2D eigenvalue weighted by Gasteiger charge is 2.25.